The van der Waals surface area contributed by atoms with E-state index in [9.17, 15) is 0 Å². The summed E-state index contributed by atoms with van der Waals surface area (Å²) in [5, 5.41) is 8.77. The van der Waals surface area contributed by atoms with Gasteiger partial charge in [-0.15, -0.1) is 0 Å². The van der Waals surface area contributed by atoms with E-state index in [-0.39, 0.29) is 5.41 Å². The Morgan fingerprint density at radius 2 is 0.958 bits per heavy atom. The standard InChI is InChI=1S/C69H47N3/c1-69(2)59-28-16-14-26-54(59)55-39-38-52(43-60(55)69)70(49-23-10-5-11-24-49)50-34-30-44(31-35-50)45-32-36-51(37-33-45)71-62-41-40-57-63(46-18-6-3-7-19-46)66(47-20-8-4-9-21-47)72-61-29-17-15-27-56(61)58-42-48-22-12-13-25-53(48)67(71)64(58)65(62)68(57)72/h3-43H,1-2H3. The van der Waals surface area contributed by atoms with Gasteiger partial charge in [0, 0.05) is 60.7 Å². The normalized spacial score (nSPS) is 13.0. The Bertz CT molecular complexity index is 4430. The lowest BCUT2D eigenvalue weighted by atomic mass is 9.82. The van der Waals surface area contributed by atoms with Crippen LogP contribution in [0.2, 0.25) is 0 Å². The average molecular weight is 918 g/mol. The van der Waals surface area contributed by atoms with Crippen molar-refractivity contribution < 1.29 is 0 Å². The zero-order valence-corrected chi connectivity index (χ0v) is 40.0. The van der Waals surface area contributed by atoms with Gasteiger partial charge in [-0.2, -0.15) is 0 Å². The summed E-state index contributed by atoms with van der Waals surface area (Å²) in [6, 6.07) is 92.0. The number of hydrogen-bond acceptors (Lipinski definition) is 1. The molecule has 14 aromatic rings. The average Bonchev–Trinajstić information content (AvgIpc) is 4.03. The molecule has 3 nitrogen and oxygen atoms in total. The molecule has 1 aliphatic rings. The van der Waals surface area contributed by atoms with Crippen LogP contribution in [0.15, 0.2) is 249 Å². The van der Waals surface area contributed by atoms with Crippen LogP contribution in [0.5, 0.6) is 0 Å². The van der Waals surface area contributed by atoms with Crippen molar-refractivity contribution >= 4 is 76.8 Å². The first-order chi connectivity index (χ1) is 35.5. The van der Waals surface area contributed by atoms with E-state index in [1.165, 1.54) is 116 Å². The first kappa shape index (κ1) is 40.7. The lowest BCUT2D eigenvalue weighted by Gasteiger charge is -2.28. The van der Waals surface area contributed by atoms with E-state index >= 15 is 0 Å². The van der Waals surface area contributed by atoms with Crippen molar-refractivity contribution in [3.8, 4) is 50.3 Å². The molecule has 0 fully saturated rings. The van der Waals surface area contributed by atoms with E-state index in [1.54, 1.807) is 0 Å². The first-order valence-electron chi connectivity index (χ1n) is 25.1. The van der Waals surface area contributed by atoms with Gasteiger partial charge in [0.15, 0.2) is 0 Å². The van der Waals surface area contributed by atoms with Crippen LogP contribution in [-0.4, -0.2) is 8.97 Å². The maximum atomic E-state index is 2.58. The number of fused-ring (bicyclic) bond motifs is 8. The number of nitrogens with zero attached hydrogens (tertiary/aromatic N) is 3. The van der Waals surface area contributed by atoms with Gasteiger partial charge in [-0.05, 0) is 122 Å². The fraction of sp³-hybridized carbons (Fsp3) is 0.0435. The summed E-state index contributed by atoms with van der Waals surface area (Å²) in [5.41, 5.74) is 21.9. The van der Waals surface area contributed by atoms with Crippen molar-refractivity contribution in [1.29, 1.82) is 0 Å². The number of benzene rings is 11. The highest BCUT2D eigenvalue weighted by molar-refractivity contribution is 6.36. The largest absolute Gasteiger partial charge is 0.310 e. The monoisotopic (exact) mass is 917 g/mol. The third-order valence-electron chi connectivity index (χ3n) is 15.8. The molecule has 338 valence electrons. The second-order valence-corrected chi connectivity index (χ2v) is 20.0. The van der Waals surface area contributed by atoms with Crippen LogP contribution in [0.25, 0.3) is 110 Å². The molecule has 15 rings (SSSR count). The summed E-state index contributed by atoms with van der Waals surface area (Å²) in [6.07, 6.45) is 0. The lowest BCUT2D eigenvalue weighted by Crippen LogP contribution is -2.16. The van der Waals surface area contributed by atoms with Crippen LogP contribution in [0.1, 0.15) is 25.0 Å². The van der Waals surface area contributed by atoms with E-state index < -0.39 is 0 Å². The Hall–Kier alpha value is -9.18. The molecule has 0 spiro atoms. The molecule has 1 aliphatic carbocycles. The van der Waals surface area contributed by atoms with Gasteiger partial charge in [0.25, 0.3) is 0 Å². The number of rotatable bonds is 7. The molecule has 0 amide bonds. The van der Waals surface area contributed by atoms with Gasteiger partial charge in [0.1, 0.15) is 0 Å². The van der Waals surface area contributed by atoms with Gasteiger partial charge in [-0.25, -0.2) is 0 Å². The highest BCUT2D eigenvalue weighted by atomic mass is 15.1. The third-order valence-corrected chi connectivity index (χ3v) is 15.8. The van der Waals surface area contributed by atoms with Crippen LogP contribution in [0.3, 0.4) is 0 Å². The molecule has 3 heterocycles. The Labute approximate surface area is 418 Å². The van der Waals surface area contributed by atoms with Crippen LogP contribution in [0.4, 0.5) is 17.1 Å². The zero-order chi connectivity index (χ0) is 47.7. The minimum absolute atomic E-state index is 0.0920. The van der Waals surface area contributed by atoms with Crippen molar-refractivity contribution in [2.45, 2.75) is 19.3 Å². The summed E-state index contributed by atoms with van der Waals surface area (Å²) >= 11 is 0. The molecule has 0 N–H and O–H groups in total. The second-order valence-electron chi connectivity index (χ2n) is 20.0. The summed E-state index contributed by atoms with van der Waals surface area (Å²) in [4.78, 5) is 2.39. The van der Waals surface area contributed by atoms with E-state index in [1.807, 2.05) is 0 Å². The Balaban J connectivity index is 0.906. The Kier molecular flexibility index (Phi) is 8.71. The molecule has 11 aromatic carbocycles. The minimum atomic E-state index is -0.0920. The number of hydrogen-bond donors (Lipinski definition) is 0. The molecule has 72 heavy (non-hydrogen) atoms. The lowest BCUT2D eigenvalue weighted by molar-refractivity contribution is 0.660. The van der Waals surface area contributed by atoms with E-state index in [0.717, 1.165) is 22.7 Å². The maximum absolute atomic E-state index is 2.58. The number of para-hydroxylation sites is 2. The van der Waals surface area contributed by atoms with Gasteiger partial charge in [0.2, 0.25) is 0 Å². The van der Waals surface area contributed by atoms with Gasteiger partial charge in [-0.1, -0.05) is 196 Å². The summed E-state index contributed by atoms with van der Waals surface area (Å²) in [6.45, 7) is 4.71. The van der Waals surface area contributed by atoms with Gasteiger partial charge >= 0.3 is 0 Å². The van der Waals surface area contributed by atoms with Crippen molar-refractivity contribution in [2.24, 2.45) is 0 Å². The number of anilines is 3. The van der Waals surface area contributed by atoms with Crippen LogP contribution in [-0.2, 0) is 5.41 Å². The van der Waals surface area contributed by atoms with Crippen molar-refractivity contribution in [3.63, 3.8) is 0 Å². The predicted molar refractivity (Wildman–Crippen MR) is 304 cm³/mol. The Morgan fingerprint density at radius 1 is 0.361 bits per heavy atom. The molecule has 0 unspecified atom stereocenters. The van der Waals surface area contributed by atoms with Gasteiger partial charge in [-0.3, -0.25) is 0 Å². The van der Waals surface area contributed by atoms with Crippen molar-refractivity contribution in [3.05, 3.63) is 260 Å². The molecular weight excluding hydrogens is 871 g/mol. The zero-order valence-electron chi connectivity index (χ0n) is 40.0. The van der Waals surface area contributed by atoms with Crippen molar-refractivity contribution in [1.82, 2.24) is 8.97 Å². The van der Waals surface area contributed by atoms with Crippen LogP contribution < -0.4 is 4.90 Å². The predicted octanol–water partition coefficient (Wildman–Crippen LogP) is 18.7. The summed E-state index contributed by atoms with van der Waals surface area (Å²) in [7, 11) is 0. The summed E-state index contributed by atoms with van der Waals surface area (Å²) < 4.78 is 5.11. The molecule has 0 saturated heterocycles. The van der Waals surface area contributed by atoms with Crippen molar-refractivity contribution in [2.75, 3.05) is 4.90 Å². The SMILES string of the molecule is CC1(C)c2ccccc2-c2ccc(N(c3ccccc3)c3ccc(-c4ccc(-n5c6ccc7c(-c8ccccc8)c(-c8ccccc8)n8c9ccccc9c9cc%10ccccc%10c5c9c6c78)cc4)cc3)cc21. The van der Waals surface area contributed by atoms with Crippen LogP contribution >= 0.6 is 0 Å². The summed E-state index contributed by atoms with van der Waals surface area (Å²) in [5.74, 6) is 0. The molecule has 0 atom stereocenters. The topological polar surface area (TPSA) is 12.6 Å². The smallest absolute Gasteiger partial charge is 0.0642 e. The number of aromatic nitrogens is 2. The van der Waals surface area contributed by atoms with E-state index in [4.69, 9.17) is 0 Å². The molecule has 0 aliphatic heterocycles. The quantitative estimate of drug-likeness (QED) is 0.155. The third kappa shape index (κ3) is 5.79. The second kappa shape index (κ2) is 15.4. The molecule has 3 aromatic heterocycles. The molecule has 3 heteroatoms. The molecule has 0 bridgehead atoms. The van der Waals surface area contributed by atoms with E-state index in [0.29, 0.717) is 0 Å². The fourth-order valence-corrected chi connectivity index (χ4v) is 12.6. The fourth-order valence-electron chi connectivity index (χ4n) is 12.6. The first-order valence-corrected chi connectivity index (χ1v) is 25.1. The van der Waals surface area contributed by atoms with Gasteiger partial charge < -0.3 is 13.9 Å². The molecule has 0 saturated carbocycles. The highest BCUT2D eigenvalue weighted by Gasteiger charge is 2.36. The Morgan fingerprint density at radius 3 is 1.72 bits per heavy atom. The highest BCUT2D eigenvalue weighted by Crippen LogP contribution is 2.52. The minimum Gasteiger partial charge on any atom is -0.310 e. The molecular formula is C69H47N3. The molecule has 0 radical (unpaired) electrons. The van der Waals surface area contributed by atoms with E-state index in [2.05, 4.69) is 276 Å². The van der Waals surface area contributed by atoms with Gasteiger partial charge in [0.05, 0.1) is 27.8 Å². The van der Waals surface area contributed by atoms with Crippen LogP contribution in [0, 0.1) is 0 Å². The maximum Gasteiger partial charge on any atom is 0.0642 e.